The highest BCUT2D eigenvalue weighted by Crippen LogP contribution is 2.27. The van der Waals surface area contributed by atoms with Gasteiger partial charge < -0.3 is 0 Å². The predicted octanol–water partition coefficient (Wildman–Crippen LogP) is 1.79. The number of sulfonamides is 1. The number of nitrogens with zero attached hydrogens (tertiary/aromatic N) is 1. The average Bonchev–Trinajstić information content (AvgIpc) is 2.88. The van der Waals surface area contributed by atoms with Crippen LogP contribution in [0.1, 0.15) is 32.8 Å². The van der Waals surface area contributed by atoms with E-state index in [1.54, 1.807) is 12.1 Å². The summed E-state index contributed by atoms with van der Waals surface area (Å²) in [4.78, 5) is 0.217. The second kappa shape index (κ2) is 5.62. The summed E-state index contributed by atoms with van der Waals surface area (Å²) < 4.78 is 49.6. The fraction of sp³-hybridized carbons (Fsp3) is 0.600. The molecule has 22 heavy (non-hydrogen) atoms. The number of hydrogen-bond acceptors (Lipinski definition) is 4. The minimum atomic E-state index is -3.63. The zero-order chi connectivity index (χ0) is 16.8. The maximum atomic E-state index is 12.6. The number of sulfone groups is 1. The lowest BCUT2D eigenvalue weighted by Crippen LogP contribution is -2.31. The quantitative estimate of drug-likeness (QED) is 0.837. The summed E-state index contributed by atoms with van der Waals surface area (Å²) in [6, 6.07) is 6.83. The van der Waals surface area contributed by atoms with Crippen molar-refractivity contribution in [2.75, 3.05) is 19.3 Å². The molecule has 1 saturated heterocycles. The Morgan fingerprint density at radius 1 is 1.05 bits per heavy atom. The molecule has 0 spiro atoms. The molecule has 5 nitrogen and oxygen atoms in total. The van der Waals surface area contributed by atoms with Crippen molar-refractivity contribution in [1.82, 2.24) is 4.31 Å². The lowest BCUT2D eigenvalue weighted by Gasteiger charge is -2.20. The fourth-order valence-corrected chi connectivity index (χ4v) is 5.12. The van der Waals surface area contributed by atoms with Crippen LogP contribution in [0.2, 0.25) is 0 Å². The molecule has 1 aliphatic heterocycles. The smallest absolute Gasteiger partial charge is 0.229 e. The zero-order valence-electron chi connectivity index (χ0n) is 13.4. The van der Waals surface area contributed by atoms with Crippen LogP contribution in [0.25, 0.3) is 0 Å². The summed E-state index contributed by atoms with van der Waals surface area (Å²) in [5.41, 5.74) is 1.01. The van der Waals surface area contributed by atoms with Crippen LogP contribution in [-0.2, 0) is 25.3 Å². The molecule has 1 aromatic rings. The van der Waals surface area contributed by atoms with Crippen molar-refractivity contribution in [1.29, 1.82) is 0 Å². The highest BCUT2D eigenvalue weighted by atomic mass is 32.2. The van der Waals surface area contributed by atoms with Crippen molar-refractivity contribution in [3.8, 4) is 0 Å². The predicted molar refractivity (Wildman–Crippen MR) is 87.1 cm³/mol. The minimum Gasteiger partial charge on any atom is -0.229 e. The van der Waals surface area contributed by atoms with Gasteiger partial charge in [0.15, 0.2) is 9.84 Å². The van der Waals surface area contributed by atoms with E-state index in [9.17, 15) is 16.8 Å². The zero-order valence-corrected chi connectivity index (χ0v) is 15.0. The van der Waals surface area contributed by atoms with Gasteiger partial charge in [0.05, 0.1) is 10.1 Å². The number of rotatable bonds is 3. The van der Waals surface area contributed by atoms with E-state index in [1.807, 2.05) is 12.1 Å². The number of hydrogen-bond donors (Lipinski definition) is 0. The summed E-state index contributed by atoms with van der Waals surface area (Å²) in [6.45, 7) is 6.48. The average molecular weight is 345 g/mol. The van der Waals surface area contributed by atoms with E-state index in [-0.39, 0.29) is 23.4 Å². The van der Waals surface area contributed by atoms with Gasteiger partial charge in [0.1, 0.15) is 0 Å². The van der Waals surface area contributed by atoms with Gasteiger partial charge in [-0.25, -0.2) is 16.8 Å². The van der Waals surface area contributed by atoms with E-state index in [0.717, 1.165) is 11.8 Å². The van der Waals surface area contributed by atoms with Crippen LogP contribution in [0.5, 0.6) is 0 Å². The minimum absolute atomic E-state index is 0.0438. The molecule has 0 N–H and O–H groups in total. The molecule has 124 valence electrons. The first kappa shape index (κ1) is 17.4. The lowest BCUT2D eigenvalue weighted by molar-refractivity contribution is 0.476. The van der Waals surface area contributed by atoms with Crippen LogP contribution in [0.3, 0.4) is 0 Å². The molecule has 1 fully saturated rings. The van der Waals surface area contributed by atoms with Crippen molar-refractivity contribution in [3.05, 3.63) is 29.8 Å². The monoisotopic (exact) mass is 345 g/mol. The van der Waals surface area contributed by atoms with Crippen molar-refractivity contribution in [2.45, 2.75) is 42.8 Å². The van der Waals surface area contributed by atoms with E-state index >= 15 is 0 Å². The topological polar surface area (TPSA) is 71.5 Å². The standard InChI is InChI=1S/C15H23NO4S2/c1-15(2,3)12-5-7-13(8-6-12)22(19,20)16-10-9-14(11-16)21(4,17)18/h5-8,14H,9-11H2,1-4H3/t14-/m1/s1. The van der Waals surface area contributed by atoms with Gasteiger partial charge in [0.25, 0.3) is 0 Å². The van der Waals surface area contributed by atoms with Gasteiger partial charge in [0, 0.05) is 19.3 Å². The largest absolute Gasteiger partial charge is 0.243 e. The van der Waals surface area contributed by atoms with E-state index in [4.69, 9.17) is 0 Å². The first-order valence-electron chi connectivity index (χ1n) is 7.22. The Bertz CT molecular complexity index is 744. The molecule has 0 amide bonds. The van der Waals surface area contributed by atoms with Gasteiger partial charge in [-0.15, -0.1) is 0 Å². The lowest BCUT2D eigenvalue weighted by atomic mass is 9.87. The molecule has 7 heteroatoms. The Morgan fingerprint density at radius 3 is 2.00 bits per heavy atom. The second-order valence-corrected chi connectivity index (χ2v) is 11.1. The van der Waals surface area contributed by atoms with Crippen LogP contribution >= 0.6 is 0 Å². The summed E-state index contributed by atoms with van der Waals surface area (Å²) in [7, 11) is -6.84. The highest BCUT2D eigenvalue weighted by molar-refractivity contribution is 7.91. The van der Waals surface area contributed by atoms with Crippen molar-refractivity contribution >= 4 is 19.9 Å². The third-order valence-electron chi connectivity index (χ3n) is 4.07. The molecule has 0 bridgehead atoms. The summed E-state index contributed by atoms with van der Waals surface area (Å²) in [5, 5.41) is -0.601. The second-order valence-electron chi connectivity index (χ2n) is 6.88. The van der Waals surface area contributed by atoms with E-state index in [2.05, 4.69) is 20.8 Å². The summed E-state index contributed by atoms with van der Waals surface area (Å²) >= 11 is 0. The normalized spacial score (nSPS) is 21.2. The summed E-state index contributed by atoms with van der Waals surface area (Å²) in [5.74, 6) is 0. The molecule has 1 heterocycles. The van der Waals surface area contributed by atoms with Crippen molar-refractivity contribution < 1.29 is 16.8 Å². The van der Waals surface area contributed by atoms with Gasteiger partial charge in [-0.2, -0.15) is 4.31 Å². The van der Waals surface area contributed by atoms with Crippen LogP contribution < -0.4 is 0 Å². The molecule has 2 rings (SSSR count). The molecular formula is C15H23NO4S2. The Balaban J connectivity index is 2.25. The highest BCUT2D eigenvalue weighted by Gasteiger charge is 2.37. The van der Waals surface area contributed by atoms with Crippen LogP contribution in [0.15, 0.2) is 29.2 Å². The Hall–Kier alpha value is -0.920. The fourth-order valence-electron chi connectivity index (χ4n) is 2.54. The first-order valence-corrected chi connectivity index (χ1v) is 10.6. The van der Waals surface area contributed by atoms with Gasteiger partial charge in [-0.05, 0) is 29.5 Å². The molecular weight excluding hydrogens is 322 g/mol. The Kier molecular flexibility index (Phi) is 4.45. The molecule has 1 aromatic carbocycles. The molecule has 0 unspecified atom stereocenters. The SMILES string of the molecule is CC(C)(C)c1ccc(S(=O)(=O)N2CC[C@@H](S(C)(=O)=O)C2)cc1. The molecule has 0 aliphatic carbocycles. The third kappa shape index (κ3) is 3.52. The number of benzene rings is 1. The van der Waals surface area contributed by atoms with Crippen LogP contribution in [0.4, 0.5) is 0 Å². The maximum Gasteiger partial charge on any atom is 0.243 e. The van der Waals surface area contributed by atoms with Crippen molar-refractivity contribution in [3.63, 3.8) is 0 Å². The Morgan fingerprint density at radius 2 is 1.59 bits per heavy atom. The third-order valence-corrected chi connectivity index (χ3v) is 7.55. The van der Waals surface area contributed by atoms with E-state index < -0.39 is 25.1 Å². The summed E-state index contributed by atoms with van der Waals surface area (Å²) in [6.07, 6.45) is 1.52. The van der Waals surface area contributed by atoms with Crippen LogP contribution in [0, 0.1) is 0 Å². The molecule has 1 aliphatic rings. The molecule has 0 saturated carbocycles. The van der Waals surface area contributed by atoms with Crippen molar-refractivity contribution in [2.24, 2.45) is 0 Å². The van der Waals surface area contributed by atoms with Gasteiger partial charge >= 0.3 is 0 Å². The van der Waals surface area contributed by atoms with E-state index in [1.165, 1.54) is 4.31 Å². The molecule has 0 radical (unpaired) electrons. The Labute approximate surface area is 133 Å². The van der Waals surface area contributed by atoms with E-state index in [0.29, 0.717) is 6.42 Å². The maximum absolute atomic E-state index is 12.6. The first-order chi connectivity index (χ1) is 9.92. The van der Waals surface area contributed by atoms with Crippen LogP contribution in [-0.4, -0.2) is 45.7 Å². The van der Waals surface area contributed by atoms with Gasteiger partial charge in [0.2, 0.25) is 10.0 Å². The van der Waals surface area contributed by atoms with Gasteiger partial charge in [-0.3, -0.25) is 0 Å². The molecule has 1 atom stereocenters. The van der Waals surface area contributed by atoms with Gasteiger partial charge in [-0.1, -0.05) is 32.9 Å². The molecule has 0 aromatic heterocycles.